The Labute approximate surface area is 181 Å². The zero-order valence-electron chi connectivity index (χ0n) is 16.8. The molecule has 2 aromatic rings. The summed E-state index contributed by atoms with van der Waals surface area (Å²) in [5.41, 5.74) is -1.47. The van der Waals surface area contributed by atoms with Crippen molar-refractivity contribution < 1.29 is 39.8 Å². The molecule has 0 aromatic heterocycles. The van der Waals surface area contributed by atoms with E-state index in [1.165, 1.54) is 0 Å². The first-order chi connectivity index (χ1) is 15.0. The molecule has 0 amide bonds. The average molecular weight is 474 g/mol. The maximum absolute atomic E-state index is 15.1. The summed E-state index contributed by atoms with van der Waals surface area (Å²) in [5, 5.41) is 0. The maximum atomic E-state index is 15.1. The molecule has 2 aliphatic rings. The number of rotatable bonds is 3. The van der Waals surface area contributed by atoms with Crippen LogP contribution in [0.5, 0.6) is 5.75 Å². The van der Waals surface area contributed by atoms with Gasteiger partial charge in [0, 0.05) is 12.5 Å². The van der Waals surface area contributed by atoms with Crippen molar-refractivity contribution >= 4 is 9.84 Å². The summed E-state index contributed by atoms with van der Waals surface area (Å²) in [6.45, 7) is 1.34. The summed E-state index contributed by atoms with van der Waals surface area (Å²) in [5.74, 6) is -3.35. The molecule has 0 unspecified atom stereocenters. The number of ether oxygens (including phenoxy) is 2. The molecule has 1 fully saturated rings. The number of allylic oxidation sites excluding steroid dienone is 1. The first-order valence-corrected chi connectivity index (χ1v) is 11.3. The lowest BCUT2D eigenvalue weighted by atomic mass is 9.75. The Balaban J connectivity index is 1.98. The van der Waals surface area contributed by atoms with E-state index in [2.05, 4.69) is 0 Å². The van der Waals surface area contributed by atoms with E-state index in [0.717, 1.165) is 24.3 Å². The van der Waals surface area contributed by atoms with Gasteiger partial charge in [0.05, 0.1) is 28.7 Å². The maximum Gasteiger partial charge on any atom is 0.416 e. The first kappa shape index (κ1) is 22.7. The van der Waals surface area contributed by atoms with Gasteiger partial charge in [0.2, 0.25) is 0 Å². The summed E-state index contributed by atoms with van der Waals surface area (Å²) in [6.07, 6.45) is -2.41. The Bertz CT molecular complexity index is 1160. The molecule has 2 heterocycles. The highest BCUT2D eigenvalue weighted by Crippen LogP contribution is 2.55. The molecule has 2 aliphatic heterocycles. The number of alkyl halides is 3. The van der Waals surface area contributed by atoms with E-state index in [4.69, 9.17) is 9.47 Å². The van der Waals surface area contributed by atoms with Gasteiger partial charge < -0.3 is 9.47 Å². The van der Waals surface area contributed by atoms with Crippen LogP contribution in [0.25, 0.3) is 0 Å². The zero-order chi connectivity index (χ0) is 23.3. The van der Waals surface area contributed by atoms with Gasteiger partial charge in [-0.1, -0.05) is 12.2 Å². The van der Waals surface area contributed by atoms with Gasteiger partial charge >= 0.3 is 6.18 Å². The summed E-state index contributed by atoms with van der Waals surface area (Å²) >= 11 is 0. The molecule has 0 saturated carbocycles. The average Bonchev–Trinajstić information content (AvgIpc) is 2.75. The first-order valence-electron chi connectivity index (χ1n) is 9.81. The van der Waals surface area contributed by atoms with E-state index in [1.807, 2.05) is 0 Å². The van der Waals surface area contributed by atoms with Crippen LogP contribution in [0, 0.1) is 17.6 Å². The largest absolute Gasteiger partial charge is 0.490 e. The van der Waals surface area contributed by atoms with Crippen molar-refractivity contribution in [2.75, 3.05) is 13.2 Å². The third-order valence-electron chi connectivity index (χ3n) is 6.02. The lowest BCUT2D eigenvalue weighted by Crippen LogP contribution is -2.57. The number of halogens is 5. The number of fused-ring (bicyclic) bond motifs is 3. The van der Waals surface area contributed by atoms with E-state index >= 15 is 4.39 Å². The van der Waals surface area contributed by atoms with Gasteiger partial charge in [-0.3, -0.25) is 0 Å². The van der Waals surface area contributed by atoms with Crippen LogP contribution in [-0.2, 0) is 25.5 Å². The standard InChI is InChI=1S/C22H19F5O4S/c1-2-3-18-15-12-31-20-17(24)9-8-16(23)19(20)21(15,10-11-30-18)32(28,29)14-6-4-13(5-7-14)22(25,26)27/h2-9,15,18H,10-12H2,1H3/b3-2+/t15-,18-,21-/m0/s1. The molecule has 3 atom stereocenters. The SMILES string of the molecule is C/C=C/[C@@H]1OCC[C@@]2(S(=O)(=O)c3ccc(C(F)(F)F)cc3)c3c(F)ccc(F)c3OC[C@@H]12. The molecule has 10 heteroatoms. The summed E-state index contributed by atoms with van der Waals surface area (Å²) in [6, 6.07) is 4.67. The normalized spacial score (nSPS) is 25.8. The van der Waals surface area contributed by atoms with Gasteiger partial charge in [0.1, 0.15) is 10.6 Å². The molecule has 0 radical (unpaired) electrons. The van der Waals surface area contributed by atoms with Crippen molar-refractivity contribution in [3.8, 4) is 5.75 Å². The molecule has 0 bridgehead atoms. The molecule has 0 aliphatic carbocycles. The van der Waals surface area contributed by atoms with Gasteiger partial charge in [-0.15, -0.1) is 0 Å². The van der Waals surface area contributed by atoms with Gasteiger partial charge in [-0.05, 0) is 49.7 Å². The predicted molar refractivity (Wildman–Crippen MR) is 105 cm³/mol. The van der Waals surface area contributed by atoms with Crippen LogP contribution in [-0.4, -0.2) is 27.7 Å². The summed E-state index contributed by atoms with van der Waals surface area (Å²) in [7, 11) is -4.52. The van der Waals surface area contributed by atoms with Crippen molar-refractivity contribution in [3.05, 3.63) is 71.3 Å². The second-order valence-electron chi connectivity index (χ2n) is 7.68. The zero-order valence-corrected chi connectivity index (χ0v) is 17.6. The van der Waals surface area contributed by atoms with Gasteiger partial charge in [-0.25, -0.2) is 17.2 Å². The van der Waals surface area contributed by atoms with Gasteiger partial charge in [0.15, 0.2) is 21.4 Å². The molecule has 1 saturated heterocycles. The molecule has 172 valence electrons. The molecule has 0 N–H and O–H groups in total. The van der Waals surface area contributed by atoms with Crippen LogP contribution in [0.15, 0.2) is 53.4 Å². The van der Waals surface area contributed by atoms with E-state index in [0.29, 0.717) is 12.1 Å². The Kier molecular flexibility index (Phi) is 5.57. The third-order valence-corrected chi connectivity index (χ3v) is 8.58. The molecule has 4 nitrogen and oxygen atoms in total. The van der Waals surface area contributed by atoms with Crippen molar-refractivity contribution in [3.63, 3.8) is 0 Å². The van der Waals surface area contributed by atoms with Crippen LogP contribution >= 0.6 is 0 Å². The summed E-state index contributed by atoms with van der Waals surface area (Å²) in [4.78, 5) is -0.423. The molecular weight excluding hydrogens is 455 g/mol. The van der Waals surface area contributed by atoms with Gasteiger partial charge in [-0.2, -0.15) is 13.2 Å². The monoisotopic (exact) mass is 474 g/mol. The second-order valence-corrected chi connectivity index (χ2v) is 9.88. The molecular formula is C22H19F5O4S. The minimum atomic E-state index is -4.65. The van der Waals surface area contributed by atoms with Crippen molar-refractivity contribution in [2.45, 2.75) is 35.3 Å². The second kappa shape index (κ2) is 7.84. The highest BCUT2D eigenvalue weighted by atomic mass is 32.2. The lowest BCUT2D eigenvalue weighted by molar-refractivity contribution is -0.137. The minimum Gasteiger partial charge on any atom is -0.490 e. The topological polar surface area (TPSA) is 52.6 Å². The quantitative estimate of drug-likeness (QED) is 0.463. The highest BCUT2D eigenvalue weighted by molar-refractivity contribution is 7.92. The number of hydrogen-bond acceptors (Lipinski definition) is 4. The smallest absolute Gasteiger partial charge is 0.416 e. The van der Waals surface area contributed by atoms with Crippen LogP contribution in [0.4, 0.5) is 22.0 Å². The van der Waals surface area contributed by atoms with E-state index in [1.54, 1.807) is 19.1 Å². The van der Waals surface area contributed by atoms with E-state index < -0.39 is 66.2 Å². The third kappa shape index (κ3) is 3.31. The fourth-order valence-electron chi connectivity index (χ4n) is 4.58. The molecule has 0 spiro atoms. The molecule has 4 rings (SSSR count). The fraction of sp³-hybridized carbons (Fsp3) is 0.364. The number of benzene rings is 2. The minimum absolute atomic E-state index is 0.0826. The Morgan fingerprint density at radius 1 is 1.06 bits per heavy atom. The summed E-state index contributed by atoms with van der Waals surface area (Å²) < 4.78 is 106. The van der Waals surface area contributed by atoms with Crippen LogP contribution in [0.3, 0.4) is 0 Å². The Hall–Kier alpha value is -2.46. The van der Waals surface area contributed by atoms with Crippen molar-refractivity contribution in [1.29, 1.82) is 0 Å². The van der Waals surface area contributed by atoms with Crippen molar-refractivity contribution in [2.24, 2.45) is 5.92 Å². The van der Waals surface area contributed by atoms with E-state index in [9.17, 15) is 26.0 Å². The van der Waals surface area contributed by atoms with Crippen LogP contribution in [0.1, 0.15) is 24.5 Å². The Morgan fingerprint density at radius 2 is 1.72 bits per heavy atom. The molecule has 2 aromatic carbocycles. The number of hydrogen-bond donors (Lipinski definition) is 0. The van der Waals surface area contributed by atoms with Crippen LogP contribution in [0.2, 0.25) is 0 Å². The highest BCUT2D eigenvalue weighted by Gasteiger charge is 2.61. The van der Waals surface area contributed by atoms with Crippen molar-refractivity contribution in [1.82, 2.24) is 0 Å². The van der Waals surface area contributed by atoms with E-state index in [-0.39, 0.29) is 19.6 Å². The van der Waals surface area contributed by atoms with Gasteiger partial charge in [0.25, 0.3) is 0 Å². The Morgan fingerprint density at radius 3 is 2.34 bits per heavy atom. The predicted octanol–water partition coefficient (Wildman–Crippen LogP) is 5.03. The number of sulfone groups is 1. The fourth-order valence-corrected chi connectivity index (χ4v) is 6.90. The lowest BCUT2D eigenvalue weighted by Gasteiger charge is -2.49. The molecule has 32 heavy (non-hydrogen) atoms. The van der Waals surface area contributed by atoms with Crippen LogP contribution < -0.4 is 4.74 Å².